The third kappa shape index (κ3) is 2.04. The molecule has 0 aromatic heterocycles. The summed E-state index contributed by atoms with van der Waals surface area (Å²) in [4.78, 5) is 22.7. The van der Waals surface area contributed by atoms with Crippen molar-refractivity contribution in [1.29, 1.82) is 0 Å². The molecule has 0 spiro atoms. The third-order valence-corrected chi connectivity index (χ3v) is 3.30. The molecule has 4 nitrogen and oxygen atoms in total. The van der Waals surface area contributed by atoms with Crippen LogP contribution >= 0.6 is 0 Å². The van der Waals surface area contributed by atoms with Gasteiger partial charge in [0.25, 0.3) is 0 Å². The zero-order valence-corrected chi connectivity index (χ0v) is 9.78. The fraction of sp³-hybridized carbons (Fsp3) is 0.667. The molecule has 16 heavy (non-hydrogen) atoms. The molecule has 1 fully saturated rings. The van der Waals surface area contributed by atoms with E-state index in [1.807, 2.05) is 6.92 Å². The first-order valence-electron chi connectivity index (χ1n) is 5.35. The number of carboxylic acid groups (broad SMARTS) is 1. The van der Waals surface area contributed by atoms with Crippen LogP contribution in [0.25, 0.3) is 0 Å². The lowest BCUT2D eigenvalue weighted by Gasteiger charge is -2.11. The predicted octanol–water partition coefficient (Wildman–Crippen LogP) is 0.871. The van der Waals surface area contributed by atoms with E-state index in [1.54, 1.807) is 13.8 Å². The molecule has 1 saturated carbocycles. The topological polar surface area (TPSA) is 66.4 Å². The van der Waals surface area contributed by atoms with Crippen molar-refractivity contribution in [2.45, 2.75) is 33.2 Å². The molecule has 4 heteroatoms. The Kier molecular flexibility index (Phi) is 3.27. The average molecular weight is 223 g/mol. The van der Waals surface area contributed by atoms with Crippen molar-refractivity contribution >= 4 is 11.9 Å². The Labute approximate surface area is 95.4 Å². The number of nitrogens with one attached hydrogen (secondary N) is 1. The van der Waals surface area contributed by atoms with Crippen molar-refractivity contribution in [2.75, 3.05) is 0 Å². The van der Waals surface area contributed by atoms with Gasteiger partial charge < -0.3 is 10.4 Å². The Morgan fingerprint density at radius 2 is 2.06 bits per heavy atom. The van der Waals surface area contributed by atoms with Crippen LogP contribution in [0, 0.1) is 29.6 Å². The fourth-order valence-corrected chi connectivity index (χ4v) is 2.11. The molecule has 1 unspecified atom stereocenters. The standard InChI is InChI=1S/C12H17NO3/c1-5-7(6-2)13-10(14)8-9(11(15)16)12(8,3)4/h1,7-9H,6H2,2-4H3,(H,13,14)(H,15,16)/t7?,8-,9+/m1/s1. The number of terminal acetylenes is 1. The minimum atomic E-state index is -0.918. The molecule has 1 rings (SSSR count). The first-order chi connectivity index (χ1) is 7.36. The second-order valence-electron chi connectivity index (χ2n) is 4.75. The molecule has 3 atom stereocenters. The SMILES string of the molecule is C#CC(CC)NC(=O)[C@H]1[C@@H](C(=O)O)C1(C)C. The summed E-state index contributed by atoms with van der Waals surface area (Å²) in [6.07, 6.45) is 5.88. The van der Waals surface area contributed by atoms with Gasteiger partial charge in [-0.05, 0) is 11.8 Å². The summed E-state index contributed by atoms with van der Waals surface area (Å²) >= 11 is 0. The van der Waals surface area contributed by atoms with Crippen LogP contribution in [0.2, 0.25) is 0 Å². The van der Waals surface area contributed by atoms with Crippen LogP contribution in [0.1, 0.15) is 27.2 Å². The van der Waals surface area contributed by atoms with E-state index in [2.05, 4.69) is 11.2 Å². The van der Waals surface area contributed by atoms with Crippen LogP contribution < -0.4 is 5.32 Å². The summed E-state index contributed by atoms with van der Waals surface area (Å²) in [5.74, 6) is 0.232. The van der Waals surface area contributed by atoms with Crippen LogP contribution in [0.4, 0.5) is 0 Å². The molecule has 0 saturated heterocycles. The smallest absolute Gasteiger partial charge is 0.307 e. The maximum atomic E-state index is 11.8. The monoisotopic (exact) mass is 223 g/mol. The number of carbonyl (C=O) groups is 2. The van der Waals surface area contributed by atoms with Gasteiger partial charge in [-0.2, -0.15) is 0 Å². The summed E-state index contributed by atoms with van der Waals surface area (Å²) in [6, 6.07) is -0.307. The Balaban J connectivity index is 2.65. The highest BCUT2D eigenvalue weighted by Gasteiger charge is 2.65. The summed E-state index contributed by atoms with van der Waals surface area (Å²) in [6.45, 7) is 5.44. The molecule has 2 N–H and O–H groups in total. The molecule has 0 radical (unpaired) electrons. The molecule has 1 aliphatic carbocycles. The molecule has 1 amide bonds. The molecule has 0 bridgehead atoms. The second kappa shape index (κ2) is 4.17. The van der Waals surface area contributed by atoms with Gasteiger partial charge in [-0.25, -0.2) is 0 Å². The predicted molar refractivity (Wildman–Crippen MR) is 59.5 cm³/mol. The number of aliphatic carboxylic acids is 1. The van der Waals surface area contributed by atoms with Crippen LogP contribution in [0.3, 0.4) is 0 Å². The van der Waals surface area contributed by atoms with Crippen molar-refractivity contribution in [2.24, 2.45) is 17.3 Å². The number of amides is 1. The lowest BCUT2D eigenvalue weighted by molar-refractivity contribution is -0.140. The molecule has 0 heterocycles. The maximum absolute atomic E-state index is 11.8. The summed E-state index contributed by atoms with van der Waals surface area (Å²) in [5.41, 5.74) is -0.469. The van der Waals surface area contributed by atoms with Crippen LogP contribution in [-0.2, 0) is 9.59 Å². The van der Waals surface area contributed by atoms with E-state index < -0.39 is 23.2 Å². The second-order valence-corrected chi connectivity index (χ2v) is 4.75. The van der Waals surface area contributed by atoms with E-state index in [0.717, 1.165) is 0 Å². The van der Waals surface area contributed by atoms with Gasteiger partial charge in [-0.15, -0.1) is 6.42 Å². The van der Waals surface area contributed by atoms with Crippen molar-refractivity contribution in [1.82, 2.24) is 5.32 Å². The molecule has 1 aliphatic rings. The van der Waals surface area contributed by atoms with E-state index in [9.17, 15) is 9.59 Å². The Hall–Kier alpha value is -1.50. The van der Waals surface area contributed by atoms with Gasteiger partial charge in [0, 0.05) is 0 Å². The maximum Gasteiger partial charge on any atom is 0.307 e. The van der Waals surface area contributed by atoms with Crippen molar-refractivity contribution in [3.05, 3.63) is 0 Å². The minimum Gasteiger partial charge on any atom is -0.481 e. The normalized spacial score (nSPS) is 27.6. The van der Waals surface area contributed by atoms with Gasteiger partial charge in [-0.1, -0.05) is 26.7 Å². The Morgan fingerprint density at radius 3 is 2.38 bits per heavy atom. The third-order valence-electron chi connectivity index (χ3n) is 3.30. The molecular formula is C12H17NO3. The first-order valence-corrected chi connectivity index (χ1v) is 5.35. The van der Waals surface area contributed by atoms with Gasteiger partial charge in [0.15, 0.2) is 0 Å². The van der Waals surface area contributed by atoms with Crippen molar-refractivity contribution < 1.29 is 14.7 Å². The van der Waals surface area contributed by atoms with Gasteiger partial charge in [0.1, 0.15) is 0 Å². The zero-order valence-electron chi connectivity index (χ0n) is 9.78. The highest BCUT2D eigenvalue weighted by molar-refractivity contribution is 5.91. The zero-order chi connectivity index (χ0) is 12.5. The quantitative estimate of drug-likeness (QED) is 0.695. The van der Waals surface area contributed by atoms with Crippen molar-refractivity contribution in [3.8, 4) is 12.3 Å². The van der Waals surface area contributed by atoms with E-state index in [0.29, 0.717) is 6.42 Å². The number of carbonyl (C=O) groups excluding carboxylic acids is 1. The lowest BCUT2D eigenvalue weighted by atomic mass is 10.1. The van der Waals surface area contributed by atoms with E-state index in [1.165, 1.54) is 0 Å². The van der Waals surface area contributed by atoms with Gasteiger partial charge in [0.2, 0.25) is 5.91 Å². The number of rotatable bonds is 4. The fourth-order valence-electron chi connectivity index (χ4n) is 2.11. The minimum absolute atomic E-state index is 0.248. The largest absolute Gasteiger partial charge is 0.481 e. The highest BCUT2D eigenvalue weighted by atomic mass is 16.4. The van der Waals surface area contributed by atoms with E-state index in [-0.39, 0.29) is 11.9 Å². The summed E-state index contributed by atoms with van der Waals surface area (Å²) in [5, 5.41) is 11.6. The number of hydrogen-bond acceptors (Lipinski definition) is 2. The molecular weight excluding hydrogens is 206 g/mol. The van der Waals surface area contributed by atoms with Crippen LogP contribution in [0.5, 0.6) is 0 Å². The molecule has 0 aromatic carbocycles. The highest BCUT2D eigenvalue weighted by Crippen LogP contribution is 2.58. The number of carboxylic acids is 1. The molecule has 0 aromatic rings. The number of hydrogen-bond donors (Lipinski definition) is 2. The molecule has 88 valence electrons. The molecule has 0 aliphatic heterocycles. The lowest BCUT2D eigenvalue weighted by Crippen LogP contribution is -2.35. The van der Waals surface area contributed by atoms with E-state index >= 15 is 0 Å². The first kappa shape index (κ1) is 12.6. The van der Waals surface area contributed by atoms with Gasteiger partial charge in [0.05, 0.1) is 17.9 Å². The summed E-state index contributed by atoms with van der Waals surface area (Å²) < 4.78 is 0. The van der Waals surface area contributed by atoms with Crippen molar-refractivity contribution in [3.63, 3.8) is 0 Å². The Morgan fingerprint density at radius 1 is 1.50 bits per heavy atom. The van der Waals surface area contributed by atoms with Gasteiger partial charge >= 0.3 is 5.97 Å². The van der Waals surface area contributed by atoms with Crippen LogP contribution in [-0.4, -0.2) is 23.0 Å². The van der Waals surface area contributed by atoms with E-state index in [4.69, 9.17) is 11.5 Å². The van der Waals surface area contributed by atoms with Gasteiger partial charge in [-0.3, -0.25) is 9.59 Å². The van der Waals surface area contributed by atoms with Crippen LogP contribution in [0.15, 0.2) is 0 Å². The summed E-state index contributed by atoms with van der Waals surface area (Å²) in [7, 11) is 0. The Bertz CT molecular complexity index is 354. The average Bonchev–Trinajstić information content (AvgIpc) is 2.78.